The molecule has 63 heavy (non-hydrogen) atoms. The van der Waals surface area contributed by atoms with Crippen molar-refractivity contribution in [3.8, 4) is 11.3 Å². The molecule has 4 amide bonds. The van der Waals surface area contributed by atoms with E-state index in [-0.39, 0.29) is 23.8 Å². The van der Waals surface area contributed by atoms with Gasteiger partial charge in [0.25, 0.3) is 0 Å². The number of hydrogen-bond acceptors (Lipinski definition) is 10. The van der Waals surface area contributed by atoms with Crippen molar-refractivity contribution in [2.75, 3.05) is 10.2 Å². The number of alkyl halides is 3. The minimum Gasteiger partial charge on any atom is -0.443 e. The Morgan fingerprint density at radius 3 is 1.90 bits per heavy atom. The number of nitrogens with zero attached hydrogens (tertiary/aromatic N) is 6. The number of benzene rings is 3. The summed E-state index contributed by atoms with van der Waals surface area (Å²) < 4.78 is 58.5. The summed E-state index contributed by atoms with van der Waals surface area (Å²) in [6.45, 7) is 15.6. The first-order valence-corrected chi connectivity index (χ1v) is 20.7. The van der Waals surface area contributed by atoms with Gasteiger partial charge >= 0.3 is 24.5 Å². The van der Waals surface area contributed by atoms with E-state index in [0.717, 1.165) is 33.4 Å². The Morgan fingerprint density at radius 2 is 1.32 bits per heavy atom. The Morgan fingerprint density at radius 1 is 0.746 bits per heavy atom. The largest absolute Gasteiger partial charge is 0.443 e. The highest BCUT2D eigenvalue weighted by Crippen LogP contribution is 2.37. The standard InChI is InChI=1S/C46H54F3N7O7/c1-43(2,3)61-40(58)55(30-18-20-31(21-19-30)56(41(59)62-44(4,5)6)42(60)63-45(7,8)9)39-50-26-28-24-34(32-16-11-12-17-33(32)38(28)52-39)35-25-36(53-54(35)10)51-37(57)23-27-14-13-15-29(22-27)46(47,48)49/h11-17,22,24-26,30-31H,18-21,23H2,1-10H3,(H,51,53,57). The Bertz CT molecular complexity index is 2500. The van der Waals surface area contributed by atoms with Gasteiger partial charge in [-0.2, -0.15) is 18.3 Å². The van der Waals surface area contributed by atoms with E-state index in [2.05, 4.69) is 10.4 Å². The number of hydrogen-bond donors (Lipinski definition) is 1. The topological polar surface area (TPSA) is 158 Å². The second-order valence-electron chi connectivity index (χ2n) is 18.7. The molecule has 0 radical (unpaired) electrons. The van der Waals surface area contributed by atoms with Crippen LogP contribution in [0.4, 0.5) is 39.3 Å². The molecule has 0 unspecified atom stereocenters. The third kappa shape index (κ3) is 11.4. The average Bonchev–Trinajstić information content (AvgIpc) is 3.51. The van der Waals surface area contributed by atoms with Crippen LogP contribution in [-0.2, 0) is 38.6 Å². The zero-order chi connectivity index (χ0) is 46.2. The number of carbonyl (C=O) groups excluding carboxylic acids is 4. The molecule has 5 aromatic rings. The second-order valence-corrected chi connectivity index (χ2v) is 18.7. The number of carbonyl (C=O) groups is 4. The van der Waals surface area contributed by atoms with Gasteiger partial charge in [0.15, 0.2) is 5.82 Å². The molecule has 0 saturated heterocycles. The summed E-state index contributed by atoms with van der Waals surface area (Å²) in [4.78, 5) is 66.1. The van der Waals surface area contributed by atoms with Crippen molar-refractivity contribution in [1.82, 2.24) is 24.6 Å². The number of imide groups is 1. The van der Waals surface area contributed by atoms with Crippen molar-refractivity contribution >= 4 is 57.6 Å². The first kappa shape index (κ1) is 46.2. The molecule has 0 aliphatic heterocycles. The van der Waals surface area contributed by atoms with Gasteiger partial charge in [0, 0.05) is 47.7 Å². The molecular formula is C46H54F3N7O7. The molecular weight excluding hydrogens is 820 g/mol. The Kier molecular flexibility index (Phi) is 12.8. The maximum Gasteiger partial charge on any atom is 0.420 e. The summed E-state index contributed by atoms with van der Waals surface area (Å²) in [6, 6.07) is 14.7. The highest BCUT2D eigenvalue weighted by atomic mass is 19.4. The fourth-order valence-corrected chi connectivity index (χ4v) is 7.47. The zero-order valence-electron chi connectivity index (χ0n) is 37.2. The van der Waals surface area contributed by atoms with E-state index in [1.165, 1.54) is 17.0 Å². The summed E-state index contributed by atoms with van der Waals surface area (Å²) in [5, 5.41) is 9.35. The Balaban J connectivity index is 1.30. The van der Waals surface area contributed by atoms with Crippen LogP contribution in [0.25, 0.3) is 32.9 Å². The van der Waals surface area contributed by atoms with Crippen LogP contribution in [0.5, 0.6) is 0 Å². The molecule has 1 fully saturated rings. The SMILES string of the molecule is Cn1nc(NC(=O)Cc2cccc(C(F)(F)F)c2)cc1-c1cc2cnc(N(C(=O)OC(C)(C)C)C3CCC(N(C(=O)OC(C)(C)C)C(=O)OC(C)(C)C)CC3)nc2c2ccccc12. The van der Waals surface area contributed by atoms with Gasteiger partial charge in [0.2, 0.25) is 11.9 Å². The fourth-order valence-electron chi connectivity index (χ4n) is 7.47. The lowest BCUT2D eigenvalue weighted by atomic mass is 9.89. The van der Waals surface area contributed by atoms with Crippen LogP contribution in [0.2, 0.25) is 0 Å². The third-order valence-electron chi connectivity index (χ3n) is 10.0. The number of rotatable bonds is 7. The lowest BCUT2D eigenvalue weighted by molar-refractivity contribution is -0.137. The first-order chi connectivity index (χ1) is 29.3. The van der Waals surface area contributed by atoms with Gasteiger partial charge in [0.05, 0.1) is 23.2 Å². The van der Waals surface area contributed by atoms with Crippen LogP contribution in [0.15, 0.2) is 66.9 Å². The van der Waals surface area contributed by atoms with E-state index in [4.69, 9.17) is 24.2 Å². The quantitative estimate of drug-likeness (QED) is 0.123. The van der Waals surface area contributed by atoms with Crippen LogP contribution in [0.1, 0.15) is 99.1 Å². The number of amides is 4. The van der Waals surface area contributed by atoms with Crippen molar-refractivity contribution in [2.45, 2.75) is 129 Å². The third-order valence-corrected chi connectivity index (χ3v) is 10.0. The predicted molar refractivity (Wildman–Crippen MR) is 232 cm³/mol. The molecule has 3 aromatic carbocycles. The van der Waals surface area contributed by atoms with Gasteiger partial charge in [-0.25, -0.2) is 34.2 Å². The van der Waals surface area contributed by atoms with Crippen molar-refractivity contribution < 1.29 is 46.6 Å². The van der Waals surface area contributed by atoms with Crippen LogP contribution in [0, 0.1) is 0 Å². The normalized spacial score (nSPS) is 16.1. The van der Waals surface area contributed by atoms with Crippen LogP contribution < -0.4 is 10.2 Å². The zero-order valence-corrected chi connectivity index (χ0v) is 37.2. The van der Waals surface area contributed by atoms with E-state index in [9.17, 15) is 32.3 Å². The number of aromatic nitrogens is 4. The van der Waals surface area contributed by atoms with Gasteiger partial charge in [-0.15, -0.1) is 0 Å². The summed E-state index contributed by atoms with van der Waals surface area (Å²) in [6.07, 6.45) is -4.07. The highest BCUT2D eigenvalue weighted by Gasteiger charge is 2.41. The number of ether oxygens (including phenoxy) is 3. The smallest absolute Gasteiger partial charge is 0.420 e. The number of halogens is 3. The number of anilines is 2. The number of nitrogens with one attached hydrogen (secondary N) is 1. The van der Waals surface area contributed by atoms with Gasteiger partial charge in [0.1, 0.15) is 16.8 Å². The second kappa shape index (κ2) is 17.5. The first-order valence-electron chi connectivity index (χ1n) is 20.7. The molecule has 336 valence electrons. The van der Waals surface area contributed by atoms with Gasteiger partial charge in [-0.05, 0) is 111 Å². The summed E-state index contributed by atoms with van der Waals surface area (Å²) in [7, 11) is 1.71. The summed E-state index contributed by atoms with van der Waals surface area (Å²) in [5.74, 6) is -0.210. The molecule has 6 rings (SSSR count). The summed E-state index contributed by atoms with van der Waals surface area (Å²) >= 11 is 0. The maximum atomic E-state index is 14.1. The van der Waals surface area contributed by atoms with Crippen LogP contribution in [-0.4, -0.2) is 77.7 Å². The van der Waals surface area contributed by atoms with E-state index >= 15 is 0 Å². The maximum absolute atomic E-state index is 14.1. The Hall–Kier alpha value is -6.26. The molecule has 0 bridgehead atoms. The lowest BCUT2D eigenvalue weighted by Crippen LogP contribution is -2.52. The van der Waals surface area contributed by atoms with Gasteiger partial charge < -0.3 is 19.5 Å². The molecule has 1 saturated carbocycles. The van der Waals surface area contributed by atoms with Crippen LogP contribution >= 0.6 is 0 Å². The Labute approximate surface area is 364 Å². The van der Waals surface area contributed by atoms with Crippen molar-refractivity contribution in [3.05, 3.63) is 78.0 Å². The van der Waals surface area contributed by atoms with E-state index in [1.807, 2.05) is 30.3 Å². The molecule has 17 heteroatoms. The van der Waals surface area contributed by atoms with E-state index < -0.39 is 64.8 Å². The molecule has 0 atom stereocenters. The molecule has 0 spiro atoms. The molecule has 14 nitrogen and oxygen atoms in total. The minimum atomic E-state index is -4.53. The number of aryl methyl sites for hydroxylation is 1. The monoisotopic (exact) mass is 873 g/mol. The average molecular weight is 874 g/mol. The van der Waals surface area contributed by atoms with Crippen LogP contribution in [0.3, 0.4) is 0 Å². The lowest BCUT2D eigenvalue weighted by Gasteiger charge is -2.39. The van der Waals surface area contributed by atoms with Crippen molar-refractivity contribution in [2.24, 2.45) is 7.05 Å². The molecule has 1 aliphatic carbocycles. The minimum absolute atomic E-state index is 0.112. The summed E-state index contributed by atoms with van der Waals surface area (Å²) in [5.41, 5.74) is -1.28. The number of fused-ring (bicyclic) bond motifs is 3. The highest BCUT2D eigenvalue weighted by molar-refractivity contribution is 6.12. The predicted octanol–water partition coefficient (Wildman–Crippen LogP) is 10.6. The molecule has 2 aromatic heterocycles. The van der Waals surface area contributed by atoms with E-state index in [0.29, 0.717) is 42.3 Å². The van der Waals surface area contributed by atoms with Gasteiger partial charge in [-0.1, -0.05) is 42.5 Å². The van der Waals surface area contributed by atoms with Crippen molar-refractivity contribution in [3.63, 3.8) is 0 Å². The van der Waals surface area contributed by atoms with Crippen molar-refractivity contribution in [1.29, 1.82) is 0 Å². The molecule has 2 heterocycles. The molecule has 1 aliphatic rings. The van der Waals surface area contributed by atoms with E-state index in [1.54, 1.807) is 86.3 Å². The van der Waals surface area contributed by atoms with Gasteiger partial charge in [-0.3, -0.25) is 9.48 Å². The fraction of sp³-hybridized carbons (Fsp3) is 0.457. The molecule has 1 N–H and O–H groups in total.